The predicted molar refractivity (Wildman–Crippen MR) is 58.4 cm³/mol. The van der Waals surface area contributed by atoms with Gasteiger partial charge in [-0.05, 0) is 37.6 Å². The summed E-state index contributed by atoms with van der Waals surface area (Å²) in [5.41, 5.74) is 1.31. The van der Waals surface area contributed by atoms with E-state index in [-0.39, 0.29) is 0 Å². The van der Waals surface area contributed by atoms with Crippen LogP contribution in [0.1, 0.15) is 17.5 Å². The van der Waals surface area contributed by atoms with Crippen LogP contribution in [-0.4, -0.2) is 19.8 Å². The third kappa shape index (κ3) is 5.16. The number of hydrogen-bond donors (Lipinski definition) is 1. The van der Waals surface area contributed by atoms with Crippen molar-refractivity contribution in [3.05, 3.63) is 35.4 Å². The van der Waals surface area contributed by atoms with Crippen LogP contribution in [0.3, 0.4) is 0 Å². The zero-order valence-electron chi connectivity index (χ0n) is 9.27. The third-order valence-electron chi connectivity index (χ3n) is 2.29. The van der Waals surface area contributed by atoms with Crippen molar-refractivity contribution in [3.8, 4) is 0 Å². The molecule has 0 radical (unpaired) electrons. The fourth-order valence-corrected chi connectivity index (χ4v) is 1.60. The lowest BCUT2D eigenvalue weighted by Gasteiger charge is -2.08. The van der Waals surface area contributed by atoms with Crippen LogP contribution in [0.4, 0.5) is 13.2 Å². The molecule has 0 aliphatic rings. The summed E-state index contributed by atoms with van der Waals surface area (Å²) < 4.78 is 36.5. The summed E-state index contributed by atoms with van der Waals surface area (Å²) in [4.78, 5) is 0. The fourth-order valence-electron chi connectivity index (χ4n) is 1.60. The second-order valence-electron chi connectivity index (χ2n) is 3.82. The van der Waals surface area contributed by atoms with Crippen LogP contribution < -0.4 is 5.32 Å². The highest BCUT2D eigenvalue weighted by molar-refractivity contribution is 5.24. The fraction of sp³-hybridized carbons (Fsp3) is 0.500. The molecule has 4 heteroatoms. The van der Waals surface area contributed by atoms with Gasteiger partial charge in [0.05, 0.1) is 6.42 Å². The monoisotopic (exact) mass is 231 g/mol. The summed E-state index contributed by atoms with van der Waals surface area (Å²) in [5, 5.41) is 3.01. The molecule has 0 unspecified atom stereocenters. The molecule has 16 heavy (non-hydrogen) atoms. The molecule has 1 aromatic carbocycles. The first kappa shape index (κ1) is 13.0. The zero-order valence-corrected chi connectivity index (χ0v) is 9.27. The second-order valence-corrected chi connectivity index (χ2v) is 3.82. The van der Waals surface area contributed by atoms with Gasteiger partial charge in [0, 0.05) is 0 Å². The lowest BCUT2D eigenvalue weighted by Crippen LogP contribution is -2.12. The van der Waals surface area contributed by atoms with E-state index in [0.717, 1.165) is 24.9 Å². The van der Waals surface area contributed by atoms with Crippen LogP contribution in [0, 0.1) is 0 Å². The van der Waals surface area contributed by atoms with Crippen LogP contribution in [0.5, 0.6) is 0 Å². The highest BCUT2D eigenvalue weighted by atomic mass is 19.4. The van der Waals surface area contributed by atoms with E-state index in [1.807, 2.05) is 13.1 Å². The molecule has 1 rings (SSSR count). The number of aryl methyl sites for hydroxylation is 1. The summed E-state index contributed by atoms with van der Waals surface area (Å²) in [6, 6.07) is 6.73. The first-order chi connectivity index (χ1) is 7.51. The number of halogens is 3. The van der Waals surface area contributed by atoms with Crippen LogP contribution >= 0.6 is 0 Å². The Morgan fingerprint density at radius 2 is 1.88 bits per heavy atom. The topological polar surface area (TPSA) is 12.0 Å². The molecule has 0 aromatic heterocycles. The maximum atomic E-state index is 12.2. The van der Waals surface area contributed by atoms with Crippen molar-refractivity contribution < 1.29 is 13.2 Å². The Bertz CT molecular complexity index is 320. The number of nitrogens with one attached hydrogen (secondary N) is 1. The van der Waals surface area contributed by atoms with E-state index >= 15 is 0 Å². The Hall–Kier alpha value is -1.03. The molecule has 0 aliphatic carbocycles. The van der Waals surface area contributed by atoms with E-state index < -0.39 is 12.6 Å². The van der Waals surface area contributed by atoms with Gasteiger partial charge in [0.1, 0.15) is 0 Å². The molecule has 0 saturated heterocycles. The predicted octanol–water partition coefficient (Wildman–Crippen LogP) is 2.94. The maximum Gasteiger partial charge on any atom is 0.393 e. The van der Waals surface area contributed by atoms with E-state index in [4.69, 9.17) is 0 Å². The van der Waals surface area contributed by atoms with Gasteiger partial charge in [-0.25, -0.2) is 0 Å². The van der Waals surface area contributed by atoms with Crippen molar-refractivity contribution in [2.24, 2.45) is 0 Å². The van der Waals surface area contributed by atoms with Crippen molar-refractivity contribution in [1.82, 2.24) is 5.32 Å². The number of benzene rings is 1. The van der Waals surface area contributed by atoms with Gasteiger partial charge in [-0.1, -0.05) is 24.3 Å². The molecule has 1 nitrogen and oxygen atoms in total. The van der Waals surface area contributed by atoms with Crippen LogP contribution in [0.2, 0.25) is 0 Å². The van der Waals surface area contributed by atoms with Gasteiger partial charge in [-0.2, -0.15) is 13.2 Å². The minimum absolute atomic E-state index is 0.342. The molecule has 0 fully saturated rings. The normalized spacial score (nSPS) is 11.8. The molecule has 0 bridgehead atoms. The minimum atomic E-state index is -4.12. The Morgan fingerprint density at radius 1 is 1.19 bits per heavy atom. The van der Waals surface area contributed by atoms with Crippen molar-refractivity contribution in [3.63, 3.8) is 0 Å². The SMILES string of the molecule is CNCCCc1cccc(CC(F)(F)F)c1. The summed E-state index contributed by atoms with van der Waals surface area (Å²) in [5.74, 6) is 0. The average molecular weight is 231 g/mol. The van der Waals surface area contributed by atoms with Crippen LogP contribution in [-0.2, 0) is 12.8 Å². The van der Waals surface area contributed by atoms with Gasteiger partial charge >= 0.3 is 6.18 Å². The smallest absolute Gasteiger partial charge is 0.320 e. The van der Waals surface area contributed by atoms with Crippen LogP contribution in [0.15, 0.2) is 24.3 Å². The third-order valence-corrected chi connectivity index (χ3v) is 2.29. The Labute approximate surface area is 93.7 Å². The van der Waals surface area contributed by atoms with E-state index in [1.165, 1.54) is 6.07 Å². The van der Waals surface area contributed by atoms with Gasteiger partial charge in [0.25, 0.3) is 0 Å². The molecule has 0 aliphatic heterocycles. The quantitative estimate of drug-likeness (QED) is 0.768. The second kappa shape index (κ2) is 5.89. The Balaban J connectivity index is 2.57. The van der Waals surface area contributed by atoms with Crippen LogP contribution in [0.25, 0.3) is 0 Å². The summed E-state index contributed by atoms with van der Waals surface area (Å²) >= 11 is 0. The number of hydrogen-bond acceptors (Lipinski definition) is 1. The number of alkyl halides is 3. The molecular weight excluding hydrogens is 215 g/mol. The Kier molecular flexibility index (Phi) is 4.80. The maximum absolute atomic E-state index is 12.2. The zero-order chi connectivity index (χ0) is 12.0. The molecule has 0 atom stereocenters. The van der Waals surface area contributed by atoms with Gasteiger partial charge < -0.3 is 5.32 Å². The van der Waals surface area contributed by atoms with Gasteiger partial charge in [-0.15, -0.1) is 0 Å². The highest BCUT2D eigenvalue weighted by Gasteiger charge is 2.27. The van der Waals surface area contributed by atoms with Crippen molar-refractivity contribution in [2.45, 2.75) is 25.4 Å². The molecule has 1 N–H and O–H groups in total. The van der Waals surface area contributed by atoms with E-state index in [0.29, 0.717) is 5.56 Å². The minimum Gasteiger partial charge on any atom is -0.320 e. The van der Waals surface area contributed by atoms with E-state index in [9.17, 15) is 13.2 Å². The molecule has 90 valence electrons. The molecule has 0 spiro atoms. The number of rotatable bonds is 5. The molecule has 0 saturated carbocycles. The van der Waals surface area contributed by atoms with Gasteiger partial charge in [0.15, 0.2) is 0 Å². The summed E-state index contributed by atoms with van der Waals surface area (Å²) in [6.45, 7) is 0.878. The molecular formula is C12H16F3N. The van der Waals surface area contributed by atoms with Crippen molar-refractivity contribution >= 4 is 0 Å². The molecule has 0 heterocycles. The van der Waals surface area contributed by atoms with Gasteiger partial charge in [-0.3, -0.25) is 0 Å². The summed E-state index contributed by atoms with van der Waals surface area (Å²) in [6.07, 6.45) is -3.21. The molecule has 1 aromatic rings. The van der Waals surface area contributed by atoms with E-state index in [2.05, 4.69) is 5.32 Å². The largest absolute Gasteiger partial charge is 0.393 e. The summed E-state index contributed by atoms with van der Waals surface area (Å²) in [7, 11) is 1.86. The molecule has 0 amide bonds. The van der Waals surface area contributed by atoms with Gasteiger partial charge in [0.2, 0.25) is 0 Å². The highest BCUT2D eigenvalue weighted by Crippen LogP contribution is 2.21. The van der Waals surface area contributed by atoms with Crippen molar-refractivity contribution in [1.29, 1.82) is 0 Å². The lowest BCUT2D eigenvalue weighted by atomic mass is 10.0. The van der Waals surface area contributed by atoms with Crippen molar-refractivity contribution in [2.75, 3.05) is 13.6 Å². The first-order valence-electron chi connectivity index (χ1n) is 5.30. The standard InChI is InChI=1S/C12H16F3N/c1-16-7-3-6-10-4-2-5-11(8-10)9-12(13,14)15/h2,4-5,8,16H,3,6-7,9H2,1H3. The lowest BCUT2D eigenvalue weighted by molar-refractivity contribution is -0.127. The first-order valence-corrected chi connectivity index (χ1v) is 5.30. The van der Waals surface area contributed by atoms with E-state index in [1.54, 1.807) is 12.1 Å². The average Bonchev–Trinajstić information content (AvgIpc) is 2.16. The Morgan fingerprint density at radius 3 is 2.50 bits per heavy atom.